The molecule has 0 amide bonds. The molecule has 0 N–H and O–H groups in total. The zero-order valence-corrected chi connectivity index (χ0v) is 10.6. The smallest absolute Gasteiger partial charge is 0.123 e. The summed E-state index contributed by atoms with van der Waals surface area (Å²) < 4.78 is 13.0. The van der Waals surface area contributed by atoms with Crippen LogP contribution in [0.4, 0.5) is 10.1 Å². The van der Waals surface area contributed by atoms with E-state index in [9.17, 15) is 4.39 Å². The van der Waals surface area contributed by atoms with Crippen LogP contribution < -0.4 is 4.90 Å². The molecule has 0 spiro atoms. The first-order valence-corrected chi connectivity index (χ1v) is 6.28. The molecule has 1 atom stereocenters. The summed E-state index contributed by atoms with van der Waals surface area (Å²) >= 11 is 0. The minimum Gasteiger partial charge on any atom is -0.366 e. The van der Waals surface area contributed by atoms with Crippen LogP contribution in [-0.2, 0) is 0 Å². The van der Waals surface area contributed by atoms with Gasteiger partial charge >= 0.3 is 0 Å². The van der Waals surface area contributed by atoms with E-state index in [1.807, 2.05) is 0 Å². The van der Waals surface area contributed by atoms with Crippen LogP contribution in [0.2, 0.25) is 0 Å². The number of rotatable bonds is 2. The topological polar surface area (TPSA) is 30.3 Å². The third-order valence-corrected chi connectivity index (χ3v) is 3.39. The highest BCUT2D eigenvalue weighted by molar-refractivity contribution is 5.47. The standard InChI is InChI=1S/C14H18FN3/c1-17-9-2-10-18(14(11-17)7-8-16)13-5-3-12(15)4-6-13/h3-6,14H,2,7,9-11H2,1H3. The fourth-order valence-electron chi connectivity index (χ4n) is 2.50. The molecule has 0 aromatic heterocycles. The molecule has 1 saturated heterocycles. The Morgan fingerprint density at radius 3 is 2.72 bits per heavy atom. The van der Waals surface area contributed by atoms with Crippen molar-refractivity contribution in [2.24, 2.45) is 0 Å². The van der Waals surface area contributed by atoms with Crippen molar-refractivity contribution in [3.8, 4) is 6.07 Å². The fraction of sp³-hybridized carbons (Fsp3) is 0.500. The van der Waals surface area contributed by atoms with Crippen LogP contribution in [0, 0.1) is 17.1 Å². The van der Waals surface area contributed by atoms with E-state index in [4.69, 9.17) is 5.26 Å². The van der Waals surface area contributed by atoms with Gasteiger partial charge in [0.1, 0.15) is 5.82 Å². The van der Waals surface area contributed by atoms with Crippen molar-refractivity contribution < 1.29 is 4.39 Å². The summed E-state index contributed by atoms with van der Waals surface area (Å²) in [5, 5.41) is 8.95. The molecule has 1 heterocycles. The SMILES string of the molecule is CN1CCCN(c2ccc(F)cc2)C(CC#N)C1. The Hall–Kier alpha value is -1.60. The van der Waals surface area contributed by atoms with Gasteiger partial charge in [-0.2, -0.15) is 5.26 Å². The lowest BCUT2D eigenvalue weighted by Gasteiger charge is -2.31. The number of likely N-dealkylation sites (N-methyl/N-ethyl adjacent to an activating group) is 1. The summed E-state index contributed by atoms with van der Waals surface area (Å²) in [5.74, 6) is -0.220. The van der Waals surface area contributed by atoms with E-state index in [1.54, 1.807) is 12.1 Å². The molecule has 1 fully saturated rings. The lowest BCUT2D eigenvalue weighted by Crippen LogP contribution is -2.40. The van der Waals surface area contributed by atoms with E-state index in [1.165, 1.54) is 12.1 Å². The predicted octanol–water partition coefficient (Wildman–Crippen LogP) is 2.25. The lowest BCUT2D eigenvalue weighted by molar-refractivity contribution is 0.332. The molecule has 0 bridgehead atoms. The first kappa shape index (κ1) is 12.8. The van der Waals surface area contributed by atoms with Gasteiger partial charge in [-0.3, -0.25) is 0 Å². The van der Waals surface area contributed by atoms with Gasteiger partial charge in [0.25, 0.3) is 0 Å². The average Bonchev–Trinajstić information content (AvgIpc) is 2.53. The van der Waals surface area contributed by atoms with E-state index in [2.05, 4.69) is 22.9 Å². The molecular formula is C14H18FN3. The zero-order chi connectivity index (χ0) is 13.0. The van der Waals surface area contributed by atoms with Gasteiger partial charge in [-0.05, 0) is 44.3 Å². The highest BCUT2D eigenvalue weighted by Gasteiger charge is 2.23. The number of anilines is 1. The number of nitriles is 1. The second-order valence-corrected chi connectivity index (χ2v) is 4.80. The van der Waals surface area contributed by atoms with Crippen LogP contribution in [0.5, 0.6) is 0 Å². The number of nitrogens with zero attached hydrogens (tertiary/aromatic N) is 3. The Morgan fingerprint density at radius 2 is 2.06 bits per heavy atom. The van der Waals surface area contributed by atoms with E-state index < -0.39 is 0 Å². The summed E-state index contributed by atoms with van der Waals surface area (Å²) in [6.45, 7) is 2.84. The van der Waals surface area contributed by atoms with Crippen molar-refractivity contribution in [1.29, 1.82) is 5.26 Å². The van der Waals surface area contributed by atoms with E-state index in [0.29, 0.717) is 6.42 Å². The van der Waals surface area contributed by atoms with Crippen LogP contribution in [-0.4, -0.2) is 37.6 Å². The summed E-state index contributed by atoms with van der Waals surface area (Å²) in [5.41, 5.74) is 1.01. The molecule has 0 radical (unpaired) electrons. The second-order valence-electron chi connectivity index (χ2n) is 4.80. The van der Waals surface area contributed by atoms with Crippen molar-refractivity contribution in [2.75, 3.05) is 31.6 Å². The van der Waals surface area contributed by atoms with Gasteiger partial charge in [0.15, 0.2) is 0 Å². The Kier molecular flexibility index (Phi) is 4.16. The number of hydrogen-bond acceptors (Lipinski definition) is 3. The summed E-state index contributed by atoms with van der Waals surface area (Å²) in [6, 6.07) is 8.99. The van der Waals surface area contributed by atoms with Gasteiger partial charge in [0.2, 0.25) is 0 Å². The number of benzene rings is 1. The van der Waals surface area contributed by atoms with Gasteiger partial charge in [0, 0.05) is 18.8 Å². The minimum absolute atomic E-state index is 0.188. The van der Waals surface area contributed by atoms with Gasteiger partial charge in [-0.15, -0.1) is 0 Å². The fourth-order valence-corrected chi connectivity index (χ4v) is 2.50. The molecule has 3 nitrogen and oxygen atoms in total. The highest BCUT2D eigenvalue weighted by atomic mass is 19.1. The van der Waals surface area contributed by atoms with Gasteiger partial charge < -0.3 is 9.80 Å². The maximum absolute atomic E-state index is 13.0. The highest BCUT2D eigenvalue weighted by Crippen LogP contribution is 2.22. The predicted molar refractivity (Wildman–Crippen MR) is 69.9 cm³/mol. The van der Waals surface area contributed by atoms with E-state index >= 15 is 0 Å². The Bertz CT molecular complexity index is 424. The maximum Gasteiger partial charge on any atom is 0.123 e. The third kappa shape index (κ3) is 2.99. The molecule has 1 aliphatic heterocycles. The quantitative estimate of drug-likeness (QED) is 0.803. The molecule has 4 heteroatoms. The summed E-state index contributed by atoms with van der Waals surface area (Å²) in [6.07, 6.45) is 1.57. The van der Waals surface area contributed by atoms with Crippen LogP contribution in [0.25, 0.3) is 0 Å². The van der Waals surface area contributed by atoms with Crippen molar-refractivity contribution in [2.45, 2.75) is 18.9 Å². The van der Waals surface area contributed by atoms with Crippen molar-refractivity contribution >= 4 is 5.69 Å². The monoisotopic (exact) mass is 247 g/mol. The lowest BCUT2D eigenvalue weighted by atomic mass is 10.1. The third-order valence-electron chi connectivity index (χ3n) is 3.39. The Balaban J connectivity index is 2.21. The van der Waals surface area contributed by atoms with E-state index in [0.717, 1.165) is 31.7 Å². The van der Waals surface area contributed by atoms with Crippen LogP contribution in [0.1, 0.15) is 12.8 Å². The Labute approximate surface area is 107 Å². The molecule has 1 aromatic rings. The molecule has 18 heavy (non-hydrogen) atoms. The average molecular weight is 247 g/mol. The molecule has 2 rings (SSSR count). The van der Waals surface area contributed by atoms with Gasteiger partial charge in [-0.25, -0.2) is 4.39 Å². The molecule has 1 aromatic carbocycles. The molecule has 1 aliphatic rings. The number of hydrogen-bond donors (Lipinski definition) is 0. The summed E-state index contributed by atoms with van der Waals surface area (Å²) in [4.78, 5) is 4.48. The Morgan fingerprint density at radius 1 is 1.33 bits per heavy atom. The first-order valence-electron chi connectivity index (χ1n) is 6.28. The molecule has 0 aliphatic carbocycles. The molecule has 96 valence electrons. The van der Waals surface area contributed by atoms with Crippen molar-refractivity contribution in [3.05, 3.63) is 30.1 Å². The maximum atomic E-state index is 13.0. The molecular weight excluding hydrogens is 229 g/mol. The van der Waals surface area contributed by atoms with E-state index in [-0.39, 0.29) is 11.9 Å². The normalized spacial score (nSPS) is 21.4. The van der Waals surface area contributed by atoms with Crippen LogP contribution in [0.15, 0.2) is 24.3 Å². The zero-order valence-electron chi connectivity index (χ0n) is 10.6. The van der Waals surface area contributed by atoms with Gasteiger partial charge in [0.05, 0.1) is 18.5 Å². The van der Waals surface area contributed by atoms with Crippen LogP contribution in [0.3, 0.4) is 0 Å². The molecule has 0 saturated carbocycles. The van der Waals surface area contributed by atoms with Crippen LogP contribution >= 0.6 is 0 Å². The van der Waals surface area contributed by atoms with Gasteiger partial charge in [-0.1, -0.05) is 0 Å². The first-order chi connectivity index (χ1) is 8.70. The molecule has 1 unspecified atom stereocenters. The number of halogens is 1. The minimum atomic E-state index is -0.220. The largest absolute Gasteiger partial charge is 0.366 e. The second kappa shape index (κ2) is 5.83. The van der Waals surface area contributed by atoms with Crippen molar-refractivity contribution in [1.82, 2.24) is 4.90 Å². The van der Waals surface area contributed by atoms with Crippen molar-refractivity contribution in [3.63, 3.8) is 0 Å². The summed E-state index contributed by atoms with van der Waals surface area (Å²) in [7, 11) is 2.08.